The summed E-state index contributed by atoms with van der Waals surface area (Å²) >= 11 is 1.23. The molecule has 0 saturated heterocycles. The van der Waals surface area contributed by atoms with Gasteiger partial charge in [-0.25, -0.2) is 9.78 Å². The largest absolute Gasteiger partial charge is 0.476 e. The molecule has 0 radical (unpaired) electrons. The SMILES string of the molecule is Cc1nn(C)c(NC(C)c2nc(C(=O)O)cs2)c1C(N)=O. The van der Waals surface area contributed by atoms with Crippen LogP contribution < -0.4 is 11.1 Å². The molecule has 0 aromatic carbocycles. The lowest BCUT2D eigenvalue weighted by Crippen LogP contribution is -2.17. The van der Waals surface area contributed by atoms with E-state index in [-0.39, 0.29) is 11.7 Å². The van der Waals surface area contributed by atoms with Crippen molar-refractivity contribution in [2.24, 2.45) is 12.8 Å². The molecule has 1 atom stereocenters. The van der Waals surface area contributed by atoms with Crippen LogP contribution in [0.1, 0.15) is 44.5 Å². The minimum absolute atomic E-state index is 0.0000357. The zero-order chi connectivity index (χ0) is 15.7. The number of nitrogens with zero attached hydrogens (tertiary/aromatic N) is 3. The van der Waals surface area contributed by atoms with Crippen molar-refractivity contribution in [3.63, 3.8) is 0 Å². The Kier molecular flexibility index (Phi) is 3.94. The van der Waals surface area contributed by atoms with Crippen molar-refractivity contribution in [2.75, 3.05) is 5.32 Å². The second-order valence-electron chi connectivity index (χ2n) is 4.54. The van der Waals surface area contributed by atoms with E-state index >= 15 is 0 Å². The van der Waals surface area contributed by atoms with Gasteiger partial charge in [-0.1, -0.05) is 0 Å². The Bertz CT molecular complexity index is 706. The highest BCUT2D eigenvalue weighted by Crippen LogP contribution is 2.25. The first kappa shape index (κ1) is 15.0. The normalized spacial score (nSPS) is 12.1. The number of carboxylic acids is 1. The number of carbonyl (C=O) groups excluding carboxylic acids is 1. The predicted octanol–water partition coefficient (Wildman–Crippen LogP) is 1.16. The van der Waals surface area contributed by atoms with Crippen LogP contribution >= 0.6 is 11.3 Å². The molecule has 9 heteroatoms. The Morgan fingerprint density at radius 2 is 2.19 bits per heavy atom. The number of rotatable bonds is 5. The van der Waals surface area contributed by atoms with Gasteiger partial charge in [-0.15, -0.1) is 11.3 Å². The average Bonchev–Trinajstić information content (AvgIpc) is 2.95. The van der Waals surface area contributed by atoms with Gasteiger partial charge in [0.25, 0.3) is 5.91 Å². The maximum Gasteiger partial charge on any atom is 0.355 e. The molecule has 0 spiro atoms. The van der Waals surface area contributed by atoms with Crippen LogP contribution in [0, 0.1) is 6.92 Å². The Labute approximate surface area is 124 Å². The summed E-state index contributed by atoms with van der Waals surface area (Å²) in [5, 5.41) is 18.2. The number of thiazole rings is 1. The van der Waals surface area contributed by atoms with E-state index in [1.54, 1.807) is 14.0 Å². The number of amides is 1. The maximum absolute atomic E-state index is 11.5. The summed E-state index contributed by atoms with van der Waals surface area (Å²) in [5.41, 5.74) is 6.22. The summed E-state index contributed by atoms with van der Waals surface area (Å²) in [6.07, 6.45) is 0. The molecule has 21 heavy (non-hydrogen) atoms. The minimum Gasteiger partial charge on any atom is -0.476 e. The lowest BCUT2D eigenvalue weighted by Gasteiger charge is -2.13. The van der Waals surface area contributed by atoms with Crippen LogP contribution in [0.4, 0.5) is 5.82 Å². The summed E-state index contributed by atoms with van der Waals surface area (Å²) < 4.78 is 1.53. The van der Waals surface area contributed by atoms with Crippen molar-refractivity contribution in [1.82, 2.24) is 14.8 Å². The number of hydrogen-bond acceptors (Lipinski definition) is 6. The Morgan fingerprint density at radius 1 is 1.52 bits per heavy atom. The van der Waals surface area contributed by atoms with Gasteiger partial charge in [-0.3, -0.25) is 9.48 Å². The number of carbonyl (C=O) groups is 2. The van der Waals surface area contributed by atoms with Crippen LogP contribution in [-0.4, -0.2) is 31.7 Å². The van der Waals surface area contributed by atoms with Crippen molar-refractivity contribution in [3.05, 3.63) is 27.3 Å². The minimum atomic E-state index is -1.07. The maximum atomic E-state index is 11.5. The summed E-state index contributed by atoms with van der Waals surface area (Å²) in [6.45, 7) is 3.51. The fourth-order valence-electron chi connectivity index (χ4n) is 1.97. The third-order valence-electron chi connectivity index (χ3n) is 2.93. The molecule has 112 valence electrons. The monoisotopic (exact) mass is 309 g/mol. The highest BCUT2D eigenvalue weighted by atomic mass is 32.1. The standard InChI is InChI=1S/C12H15N5O3S/c1-5-8(9(13)18)10(17(3)16-5)14-6(2)11-15-7(4-21-11)12(19)20/h4,6,14H,1-3H3,(H2,13,18)(H,19,20). The Hall–Kier alpha value is -2.42. The van der Waals surface area contributed by atoms with Gasteiger partial charge in [0.2, 0.25) is 0 Å². The summed E-state index contributed by atoms with van der Waals surface area (Å²) in [5.74, 6) is -1.15. The molecule has 0 fully saturated rings. The van der Waals surface area contributed by atoms with E-state index in [0.29, 0.717) is 22.1 Å². The van der Waals surface area contributed by atoms with Gasteiger partial charge in [0.15, 0.2) is 5.69 Å². The molecule has 2 aromatic heterocycles. The summed E-state index contributed by atoms with van der Waals surface area (Å²) in [7, 11) is 1.69. The van der Waals surface area contributed by atoms with Gasteiger partial charge in [-0.05, 0) is 13.8 Å². The number of aryl methyl sites for hydroxylation is 2. The first-order chi connectivity index (χ1) is 9.81. The number of aromatic nitrogens is 3. The number of aromatic carboxylic acids is 1. The topological polar surface area (TPSA) is 123 Å². The van der Waals surface area contributed by atoms with Gasteiger partial charge < -0.3 is 16.2 Å². The lowest BCUT2D eigenvalue weighted by molar-refractivity contribution is 0.0691. The molecule has 2 rings (SSSR count). The van der Waals surface area contributed by atoms with Crippen molar-refractivity contribution in [2.45, 2.75) is 19.9 Å². The molecule has 1 amide bonds. The molecule has 2 aromatic rings. The zero-order valence-electron chi connectivity index (χ0n) is 11.7. The van der Waals surface area contributed by atoms with Crippen molar-refractivity contribution < 1.29 is 14.7 Å². The van der Waals surface area contributed by atoms with Crippen molar-refractivity contribution in [1.29, 1.82) is 0 Å². The quantitative estimate of drug-likeness (QED) is 0.761. The first-order valence-corrected chi connectivity index (χ1v) is 6.98. The number of nitrogens with one attached hydrogen (secondary N) is 1. The molecule has 4 N–H and O–H groups in total. The van der Waals surface area contributed by atoms with E-state index < -0.39 is 11.9 Å². The molecule has 1 unspecified atom stereocenters. The second-order valence-corrected chi connectivity index (χ2v) is 5.43. The smallest absolute Gasteiger partial charge is 0.355 e. The number of primary amides is 1. The molecule has 0 saturated carbocycles. The zero-order valence-corrected chi connectivity index (χ0v) is 12.6. The number of anilines is 1. The molecule has 2 heterocycles. The highest BCUT2D eigenvalue weighted by molar-refractivity contribution is 7.09. The number of nitrogens with two attached hydrogens (primary N) is 1. The van der Waals surface area contributed by atoms with Crippen LogP contribution in [0.5, 0.6) is 0 Å². The van der Waals surface area contributed by atoms with E-state index in [1.165, 1.54) is 21.4 Å². The van der Waals surface area contributed by atoms with Crippen LogP contribution in [0.15, 0.2) is 5.38 Å². The third kappa shape index (κ3) is 2.87. The molecule has 8 nitrogen and oxygen atoms in total. The van der Waals surface area contributed by atoms with E-state index in [4.69, 9.17) is 10.8 Å². The predicted molar refractivity (Wildman–Crippen MR) is 77.6 cm³/mol. The third-order valence-corrected chi connectivity index (χ3v) is 3.96. The van der Waals surface area contributed by atoms with Crippen molar-refractivity contribution in [3.8, 4) is 0 Å². The highest BCUT2D eigenvalue weighted by Gasteiger charge is 2.21. The molecule has 0 bridgehead atoms. The van der Waals surface area contributed by atoms with Crippen LogP contribution in [0.3, 0.4) is 0 Å². The van der Waals surface area contributed by atoms with Gasteiger partial charge >= 0.3 is 5.97 Å². The molecule has 0 aliphatic rings. The number of hydrogen-bond donors (Lipinski definition) is 3. The van der Waals surface area contributed by atoms with E-state index in [9.17, 15) is 9.59 Å². The van der Waals surface area contributed by atoms with Crippen LogP contribution in [-0.2, 0) is 7.05 Å². The van der Waals surface area contributed by atoms with E-state index in [2.05, 4.69) is 15.4 Å². The van der Waals surface area contributed by atoms with Crippen molar-refractivity contribution >= 4 is 29.0 Å². The van der Waals surface area contributed by atoms with Gasteiger partial charge in [0, 0.05) is 12.4 Å². The second kappa shape index (κ2) is 5.52. The van der Waals surface area contributed by atoms with Crippen LogP contribution in [0.25, 0.3) is 0 Å². The lowest BCUT2D eigenvalue weighted by atomic mass is 10.2. The Balaban J connectivity index is 2.29. The molecule has 0 aliphatic heterocycles. The van der Waals surface area contributed by atoms with E-state index in [0.717, 1.165) is 0 Å². The van der Waals surface area contributed by atoms with Gasteiger partial charge in [-0.2, -0.15) is 5.10 Å². The van der Waals surface area contributed by atoms with Gasteiger partial charge in [0.05, 0.1) is 11.7 Å². The summed E-state index contributed by atoms with van der Waals surface area (Å²) in [6, 6.07) is -0.281. The first-order valence-electron chi connectivity index (χ1n) is 6.10. The summed E-state index contributed by atoms with van der Waals surface area (Å²) in [4.78, 5) is 26.4. The molecular weight excluding hydrogens is 294 g/mol. The van der Waals surface area contributed by atoms with Crippen LogP contribution in [0.2, 0.25) is 0 Å². The number of carboxylic acid groups (broad SMARTS) is 1. The molecular formula is C12H15N5O3S. The Morgan fingerprint density at radius 3 is 2.71 bits per heavy atom. The fourth-order valence-corrected chi connectivity index (χ4v) is 2.77. The average molecular weight is 309 g/mol. The fraction of sp³-hybridized carbons (Fsp3) is 0.333. The van der Waals surface area contributed by atoms with E-state index in [1.807, 2.05) is 6.92 Å². The van der Waals surface area contributed by atoms with Gasteiger partial charge in [0.1, 0.15) is 16.4 Å². The molecule has 0 aliphatic carbocycles.